The van der Waals surface area contributed by atoms with Gasteiger partial charge in [-0.2, -0.15) is 0 Å². The Kier molecular flexibility index (Phi) is 5.67. The fourth-order valence-corrected chi connectivity index (χ4v) is 3.99. The number of hydrogen-bond donors (Lipinski definition) is 2. The molecular formula is C21H25N5O2S. The Hall–Kier alpha value is -2.29. The average Bonchev–Trinajstić information content (AvgIpc) is 3.14. The van der Waals surface area contributed by atoms with E-state index in [4.69, 9.17) is 9.40 Å². The van der Waals surface area contributed by atoms with E-state index < -0.39 is 5.60 Å². The summed E-state index contributed by atoms with van der Waals surface area (Å²) < 4.78 is 6.21. The van der Waals surface area contributed by atoms with Crippen LogP contribution < -0.4 is 5.32 Å². The van der Waals surface area contributed by atoms with Gasteiger partial charge in [-0.05, 0) is 76.2 Å². The van der Waals surface area contributed by atoms with Gasteiger partial charge in [-0.3, -0.25) is 4.98 Å². The van der Waals surface area contributed by atoms with Crippen LogP contribution in [0, 0.1) is 6.92 Å². The van der Waals surface area contributed by atoms with E-state index in [0.717, 1.165) is 48.6 Å². The minimum Gasteiger partial charge on any atom is -0.433 e. The monoisotopic (exact) mass is 411 g/mol. The molecule has 1 aliphatic heterocycles. The van der Waals surface area contributed by atoms with Crippen molar-refractivity contribution in [1.29, 1.82) is 0 Å². The van der Waals surface area contributed by atoms with Gasteiger partial charge in [0.2, 0.25) is 0 Å². The molecule has 152 valence electrons. The smallest absolute Gasteiger partial charge is 0.199 e. The predicted octanol–water partition coefficient (Wildman–Crippen LogP) is 3.68. The number of nitrogens with one attached hydrogen (secondary N) is 1. The van der Waals surface area contributed by atoms with Crippen molar-refractivity contribution in [3.63, 3.8) is 0 Å². The molecule has 4 heterocycles. The second kappa shape index (κ2) is 8.22. The maximum atomic E-state index is 10.2. The summed E-state index contributed by atoms with van der Waals surface area (Å²) in [6.45, 7) is 7.33. The van der Waals surface area contributed by atoms with Crippen LogP contribution in [-0.4, -0.2) is 38.1 Å². The van der Waals surface area contributed by atoms with E-state index in [1.807, 2.05) is 19.1 Å². The van der Waals surface area contributed by atoms with E-state index in [1.54, 1.807) is 32.4 Å². The number of nitrogens with zero attached hydrogens (tertiary/aromatic N) is 4. The molecule has 1 fully saturated rings. The maximum absolute atomic E-state index is 10.2. The van der Waals surface area contributed by atoms with Crippen molar-refractivity contribution in [1.82, 2.24) is 25.3 Å². The highest BCUT2D eigenvalue weighted by Crippen LogP contribution is 2.38. The molecule has 2 N–H and O–H groups in total. The Morgan fingerprint density at radius 2 is 1.83 bits per heavy atom. The van der Waals surface area contributed by atoms with Crippen molar-refractivity contribution in [2.24, 2.45) is 0 Å². The summed E-state index contributed by atoms with van der Waals surface area (Å²) in [5, 5.41) is 14.8. The van der Waals surface area contributed by atoms with E-state index in [2.05, 4.69) is 20.3 Å². The van der Waals surface area contributed by atoms with E-state index in [-0.39, 0.29) is 0 Å². The Bertz CT molecular complexity index is 958. The highest BCUT2D eigenvalue weighted by Gasteiger charge is 2.25. The molecule has 0 saturated carbocycles. The third-order valence-electron chi connectivity index (χ3n) is 4.91. The van der Waals surface area contributed by atoms with E-state index in [1.165, 1.54) is 11.8 Å². The topological polar surface area (TPSA) is 97.0 Å². The van der Waals surface area contributed by atoms with Gasteiger partial charge >= 0.3 is 0 Å². The first-order valence-corrected chi connectivity index (χ1v) is 10.6. The van der Waals surface area contributed by atoms with Crippen LogP contribution in [0.5, 0.6) is 0 Å². The number of aryl methyl sites for hydroxylation is 1. The Labute approximate surface area is 174 Å². The van der Waals surface area contributed by atoms with Crippen molar-refractivity contribution < 1.29 is 9.52 Å². The molecule has 8 heteroatoms. The van der Waals surface area contributed by atoms with Crippen molar-refractivity contribution in [3.05, 3.63) is 47.9 Å². The van der Waals surface area contributed by atoms with Gasteiger partial charge in [-0.1, -0.05) is 0 Å². The standard InChI is InChI=1S/C21H25N5O2S/c1-13-10-24-20(25-11-13)29-19-17(15-4-5-16(23-12-15)21(2,3)27)26-18(28-19)14-6-8-22-9-7-14/h4-5,10-12,14,22,27H,6-9H2,1-3H3. The number of piperidine rings is 1. The molecule has 0 bridgehead atoms. The molecule has 3 aromatic heterocycles. The summed E-state index contributed by atoms with van der Waals surface area (Å²) >= 11 is 1.37. The molecule has 1 saturated heterocycles. The van der Waals surface area contributed by atoms with Crippen LogP contribution in [0.15, 0.2) is 45.4 Å². The molecular weight excluding hydrogens is 386 g/mol. The highest BCUT2D eigenvalue weighted by molar-refractivity contribution is 7.99. The fraction of sp³-hybridized carbons (Fsp3) is 0.429. The molecule has 0 amide bonds. The molecule has 0 aliphatic carbocycles. The van der Waals surface area contributed by atoms with Crippen LogP contribution in [0.1, 0.15) is 49.8 Å². The Balaban J connectivity index is 1.69. The average molecular weight is 412 g/mol. The van der Waals surface area contributed by atoms with Gasteiger partial charge in [0, 0.05) is 30.1 Å². The number of hydrogen-bond acceptors (Lipinski definition) is 8. The fourth-order valence-electron chi connectivity index (χ4n) is 3.23. The molecule has 3 aromatic rings. The first-order valence-electron chi connectivity index (χ1n) is 9.77. The summed E-state index contributed by atoms with van der Waals surface area (Å²) in [5.41, 5.74) is 2.21. The highest BCUT2D eigenvalue weighted by atomic mass is 32.2. The Morgan fingerprint density at radius 1 is 1.10 bits per heavy atom. The predicted molar refractivity (Wildman–Crippen MR) is 111 cm³/mol. The van der Waals surface area contributed by atoms with Crippen molar-refractivity contribution in [2.75, 3.05) is 13.1 Å². The van der Waals surface area contributed by atoms with Crippen LogP contribution in [0.2, 0.25) is 0 Å². The number of oxazole rings is 1. The lowest BCUT2D eigenvalue weighted by molar-refractivity contribution is 0.0739. The molecule has 0 spiro atoms. The second-order valence-corrected chi connectivity index (χ2v) is 8.79. The molecule has 0 radical (unpaired) electrons. The normalized spacial score (nSPS) is 15.6. The lowest BCUT2D eigenvalue weighted by Gasteiger charge is -2.19. The molecule has 4 rings (SSSR count). The molecule has 0 unspecified atom stereocenters. The van der Waals surface area contributed by atoms with E-state index in [9.17, 15) is 5.11 Å². The molecule has 0 atom stereocenters. The van der Waals surface area contributed by atoms with Gasteiger partial charge in [0.05, 0.1) is 5.69 Å². The largest absolute Gasteiger partial charge is 0.433 e. The molecule has 1 aliphatic rings. The zero-order chi connectivity index (χ0) is 20.4. The second-order valence-electron chi connectivity index (χ2n) is 7.85. The van der Waals surface area contributed by atoms with Crippen molar-refractivity contribution in [2.45, 2.75) is 55.4 Å². The molecule has 29 heavy (non-hydrogen) atoms. The van der Waals surface area contributed by atoms with Gasteiger partial charge in [-0.15, -0.1) is 0 Å². The summed E-state index contributed by atoms with van der Waals surface area (Å²) in [5.74, 6) is 1.05. The summed E-state index contributed by atoms with van der Waals surface area (Å²) in [7, 11) is 0. The van der Waals surface area contributed by atoms with Crippen LogP contribution >= 0.6 is 11.8 Å². The summed E-state index contributed by atoms with van der Waals surface area (Å²) in [6, 6.07) is 3.75. The number of rotatable bonds is 5. The number of aliphatic hydroxyl groups is 1. The first kappa shape index (κ1) is 20.0. The SMILES string of the molecule is Cc1cnc(Sc2oc(C3CCNCC3)nc2-c2ccc(C(C)(C)O)nc2)nc1. The van der Waals surface area contributed by atoms with Gasteiger partial charge in [0.15, 0.2) is 16.1 Å². The first-order chi connectivity index (χ1) is 13.9. The zero-order valence-corrected chi connectivity index (χ0v) is 17.7. The minimum atomic E-state index is -0.990. The maximum Gasteiger partial charge on any atom is 0.199 e. The lowest BCUT2D eigenvalue weighted by Crippen LogP contribution is -2.26. The van der Waals surface area contributed by atoms with Crippen LogP contribution in [-0.2, 0) is 5.60 Å². The van der Waals surface area contributed by atoms with Gasteiger partial charge in [0.1, 0.15) is 11.3 Å². The summed E-state index contributed by atoms with van der Waals surface area (Å²) in [4.78, 5) is 18.0. The van der Waals surface area contributed by atoms with E-state index >= 15 is 0 Å². The van der Waals surface area contributed by atoms with Crippen LogP contribution in [0.25, 0.3) is 11.3 Å². The third-order valence-corrected chi connectivity index (χ3v) is 5.76. The number of aromatic nitrogens is 4. The number of pyridine rings is 1. The molecule has 0 aromatic carbocycles. The zero-order valence-electron chi connectivity index (χ0n) is 16.8. The third kappa shape index (κ3) is 4.66. The van der Waals surface area contributed by atoms with Gasteiger partial charge < -0.3 is 14.8 Å². The van der Waals surface area contributed by atoms with Crippen LogP contribution in [0.4, 0.5) is 0 Å². The van der Waals surface area contributed by atoms with Crippen LogP contribution in [0.3, 0.4) is 0 Å². The van der Waals surface area contributed by atoms with Gasteiger partial charge in [-0.25, -0.2) is 15.0 Å². The Morgan fingerprint density at radius 3 is 2.45 bits per heavy atom. The van der Waals surface area contributed by atoms with E-state index in [0.29, 0.717) is 21.9 Å². The quantitative estimate of drug-likeness (QED) is 0.614. The van der Waals surface area contributed by atoms with Crippen molar-refractivity contribution in [3.8, 4) is 11.3 Å². The lowest BCUT2D eigenvalue weighted by atomic mass is 9.98. The molecule has 7 nitrogen and oxygen atoms in total. The minimum absolute atomic E-state index is 0.298. The van der Waals surface area contributed by atoms with Crippen molar-refractivity contribution >= 4 is 11.8 Å². The van der Waals surface area contributed by atoms with Gasteiger partial charge in [0.25, 0.3) is 0 Å². The summed E-state index contributed by atoms with van der Waals surface area (Å²) in [6.07, 6.45) is 7.32.